The first-order valence-electron chi connectivity index (χ1n) is 14.5. The molecule has 1 amide bonds. The number of hydrogen-bond donors (Lipinski definition) is 1. The Labute approximate surface area is 242 Å². The number of pyridine rings is 1. The Morgan fingerprint density at radius 2 is 1.80 bits per heavy atom. The molecule has 7 nitrogen and oxygen atoms in total. The summed E-state index contributed by atoms with van der Waals surface area (Å²) in [5.74, 6) is 6.19. The van der Waals surface area contributed by atoms with Crippen LogP contribution in [0.25, 0.3) is 0 Å². The summed E-state index contributed by atoms with van der Waals surface area (Å²) in [5.41, 5.74) is 1.41. The number of nitrogens with zero attached hydrogens (tertiary/aromatic N) is 3. The van der Waals surface area contributed by atoms with Crippen molar-refractivity contribution in [2.24, 2.45) is 11.3 Å². The second kappa shape index (κ2) is 13.2. The van der Waals surface area contributed by atoms with Crippen LogP contribution in [-0.2, 0) is 11.3 Å². The zero-order valence-corrected chi connectivity index (χ0v) is 25.4. The van der Waals surface area contributed by atoms with Gasteiger partial charge in [0.1, 0.15) is 10.6 Å². The normalized spacial score (nSPS) is 20.1. The minimum atomic E-state index is -1.01. The van der Waals surface area contributed by atoms with E-state index in [0.29, 0.717) is 10.6 Å². The molecule has 2 aromatic heterocycles. The second-order valence-electron chi connectivity index (χ2n) is 12.4. The fraction of sp³-hybridized carbons (Fsp3) is 0.594. The summed E-state index contributed by atoms with van der Waals surface area (Å²) < 4.78 is 6.42. The third-order valence-electron chi connectivity index (χ3n) is 7.58. The summed E-state index contributed by atoms with van der Waals surface area (Å²) in [6.07, 6.45) is 11.7. The fourth-order valence-electron chi connectivity index (χ4n) is 5.65. The summed E-state index contributed by atoms with van der Waals surface area (Å²) in [6.45, 7) is 6.86. The highest BCUT2D eigenvalue weighted by molar-refractivity contribution is 7.15. The van der Waals surface area contributed by atoms with Gasteiger partial charge >= 0.3 is 5.97 Å². The molecule has 2 aliphatic rings. The third kappa shape index (κ3) is 7.86. The van der Waals surface area contributed by atoms with Crippen LogP contribution in [0.15, 0.2) is 24.5 Å². The molecule has 0 bridgehead atoms. The van der Waals surface area contributed by atoms with Crippen molar-refractivity contribution in [3.8, 4) is 17.6 Å². The SMILES string of the molecule is CN(C)Cc1ccncc1OC1CCC(N(C(=O)C2CCCCC2)c2cc(C#CC(C)(C)C)sc2C(=O)O)CC1. The number of rotatable bonds is 8. The van der Waals surface area contributed by atoms with E-state index in [4.69, 9.17) is 4.74 Å². The maximum absolute atomic E-state index is 14.1. The lowest BCUT2D eigenvalue weighted by Gasteiger charge is -2.39. The van der Waals surface area contributed by atoms with Crippen LogP contribution in [0.4, 0.5) is 5.69 Å². The zero-order valence-electron chi connectivity index (χ0n) is 24.5. The predicted octanol–water partition coefficient (Wildman–Crippen LogP) is 6.60. The van der Waals surface area contributed by atoms with E-state index in [1.807, 2.05) is 51.9 Å². The molecule has 4 rings (SSSR count). The number of carbonyl (C=O) groups excluding carboxylic acids is 1. The molecule has 216 valence electrons. The van der Waals surface area contributed by atoms with Gasteiger partial charge in [0.05, 0.1) is 22.9 Å². The molecule has 0 aliphatic heterocycles. The monoisotopic (exact) mass is 565 g/mol. The summed E-state index contributed by atoms with van der Waals surface area (Å²) in [5, 5.41) is 10.1. The predicted molar refractivity (Wildman–Crippen MR) is 160 cm³/mol. The average molecular weight is 566 g/mol. The van der Waals surface area contributed by atoms with Gasteiger partial charge < -0.3 is 19.6 Å². The fourth-order valence-corrected chi connectivity index (χ4v) is 6.49. The lowest BCUT2D eigenvalue weighted by Crippen LogP contribution is -2.47. The molecule has 2 saturated carbocycles. The van der Waals surface area contributed by atoms with Gasteiger partial charge in [-0.3, -0.25) is 9.78 Å². The molecule has 8 heteroatoms. The van der Waals surface area contributed by atoms with Crippen LogP contribution in [0.2, 0.25) is 0 Å². The minimum Gasteiger partial charge on any atom is -0.488 e. The van der Waals surface area contributed by atoms with E-state index in [1.54, 1.807) is 12.4 Å². The van der Waals surface area contributed by atoms with E-state index in [1.165, 1.54) is 11.3 Å². The molecule has 0 spiro atoms. The Balaban J connectivity index is 1.58. The van der Waals surface area contributed by atoms with Crippen molar-refractivity contribution in [3.05, 3.63) is 39.8 Å². The number of carboxylic acid groups (broad SMARTS) is 1. The average Bonchev–Trinajstić information content (AvgIpc) is 3.34. The molecule has 0 saturated heterocycles. The molecule has 0 aromatic carbocycles. The number of thiophene rings is 1. The van der Waals surface area contributed by atoms with Crippen LogP contribution in [-0.4, -0.2) is 53.1 Å². The highest BCUT2D eigenvalue weighted by Gasteiger charge is 2.37. The maximum Gasteiger partial charge on any atom is 0.348 e. The second-order valence-corrected chi connectivity index (χ2v) is 13.5. The van der Waals surface area contributed by atoms with Crippen molar-refractivity contribution < 1.29 is 19.4 Å². The molecule has 2 fully saturated rings. The molecule has 0 unspecified atom stereocenters. The van der Waals surface area contributed by atoms with Crippen molar-refractivity contribution in [2.75, 3.05) is 19.0 Å². The van der Waals surface area contributed by atoms with Gasteiger partial charge in [0, 0.05) is 35.7 Å². The van der Waals surface area contributed by atoms with Gasteiger partial charge in [0.15, 0.2) is 0 Å². The van der Waals surface area contributed by atoms with Crippen LogP contribution < -0.4 is 9.64 Å². The topological polar surface area (TPSA) is 83.0 Å². The van der Waals surface area contributed by atoms with E-state index in [0.717, 1.165) is 75.6 Å². The molecular formula is C32H43N3O4S. The van der Waals surface area contributed by atoms with Crippen LogP contribution in [0.3, 0.4) is 0 Å². The van der Waals surface area contributed by atoms with E-state index in [2.05, 4.69) is 21.7 Å². The van der Waals surface area contributed by atoms with Crippen molar-refractivity contribution in [2.45, 2.75) is 97.2 Å². The van der Waals surface area contributed by atoms with Gasteiger partial charge in [-0.1, -0.05) is 31.1 Å². The molecule has 1 N–H and O–H groups in total. The first-order valence-corrected chi connectivity index (χ1v) is 15.3. The molecule has 2 aliphatic carbocycles. The Morgan fingerprint density at radius 3 is 2.42 bits per heavy atom. The lowest BCUT2D eigenvalue weighted by atomic mass is 9.86. The molecule has 0 radical (unpaired) electrons. The maximum atomic E-state index is 14.1. The van der Waals surface area contributed by atoms with E-state index in [-0.39, 0.29) is 34.3 Å². The quantitative estimate of drug-likeness (QED) is 0.363. The molecule has 40 heavy (non-hydrogen) atoms. The lowest BCUT2D eigenvalue weighted by molar-refractivity contribution is -0.124. The number of carboxylic acids is 1. The first kappa shape index (κ1) is 30.1. The van der Waals surface area contributed by atoms with Crippen molar-refractivity contribution in [3.63, 3.8) is 0 Å². The molecular weight excluding hydrogens is 522 g/mol. The molecule has 0 atom stereocenters. The Morgan fingerprint density at radius 1 is 1.10 bits per heavy atom. The van der Waals surface area contributed by atoms with Crippen molar-refractivity contribution in [1.82, 2.24) is 9.88 Å². The first-order chi connectivity index (χ1) is 19.0. The van der Waals surface area contributed by atoms with Crippen LogP contribution >= 0.6 is 11.3 Å². The standard InChI is InChI=1S/C32H43N3O4S/c1-32(2,3)17-15-26-19-27(29(40-26)31(37)38)35(30(36)22-9-7-6-8-10-22)24-11-13-25(14-12-24)39-28-20-33-18-16-23(28)21-34(4)5/h16,18-20,22,24-25H,6-14,21H2,1-5H3,(H,37,38). The van der Waals surface area contributed by atoms with E-state index >= 15 is 0 Å². The van der Waals surface area contributed by atoms with Crippen molar-refractivity contribution in [1.29, 1.82) is 0 Å². The third-order valence-corrected chi connectivity index (χ3v) is 8.61. The van der Waals surface area contributed by atoms with E-state index in [9.17, 15) is 14.7 Å². The summed E-state index contributed by atoms with van der Waals surface area (Å²) >= 11 is 1.17. The van der Waals surface area contributed by atoms with Gasteiger partial charge in [-0.25, -0.2) is 4.79 Å². The summed E-state index contributed by atoms with van der Waals surface area (Å²) in [4.78, 5) is 35.6. The largest absolute Gasteiger partial charge is 0.488 e. The van der Waals surface area contributed by atoms with Gasteiger partial charge in [0.25, 0.3) is 0 Å². The number of amides is 1. The minimum absolute atomic E-state index is 0.0302. The van der Waals surface area contributed by atoms with Gasteiger partial charge in [-0.2, -0.15) is 0 Å². The smallest absolute Gasteiger partial charge is 0.348 e. The highest BCUT2D eigenvalue weighted by Crippen LogP contribution is 2.39. The Bertz CT molecular complexity index is 1240. The van der Waals surface area contributed by atoms with Crippen LogP contribution in [0.1, 0.15) is 98.7 Å². The molecule has 2 heterocycles. The number of aromatic nitrogens is 1. The van der Waals surface area contributed by atoms with Crippen molar-refractivity contribution >= 4 is 28.9 Å². The van der Waals surface area contributed by atoms with Gasteiger partial charge in [0.2, 0.25) is 5.91 Å². The Hall–Kier alpha value is -2.89. The number of hydrogen-bond acceptors (Lipinski definition) is 6. The number of carbonyl (C=O) groups is 2. The molecule has 2 aromatic rings. The van der Waals surface area contributed by atoms with Gasteiger partial charge in [-0.15, -0.1) is 11.3 Å². The van der Waals surface area contributed by atoms with Gasteiger partial charge in [-0.05, 0) is 85.5 Å². The number of anilines is 1. The van der Waals surface area contributed by atoms with Crippen LogP contribution in [0, 0.1) is 23.2 Å². The summed E-state index contributed by atoms with van der Waals surface area (Å²) in [6, 6.07) is 3.76. The number of aromatic carboxylic acids is 1. The highest BCUT2D eigenvalue weighted by atomic mass is 32.1. The Kier molecular flexibility index (Phi) is 9.91. The van der Waals surface area contributed by atoms with E-state index < -0.39 is 5.97 Å². The number of ether oxygens (including phenoxy) is 1. The summed E-state index contributed by atoms with van der Waals surface area (Å²) in [7, 11) is 4.06. The van der Waals surface area contributed by atoms with Crippen LogP contribution in [0.5, 0.6) is 5.75 Å². The zero-order chi connectivity index (χ0) is 28.9.